The summed E-state index contributed by atoms with van der Waals surface area (Å²) in [6.45, 7) is 4.72. The molecule has 2 saturated heterocycles. The number of benzene rings is 2. The number of hydrogen-bond donors (Lipinski definition) is 0. The number of nitrogens with zero attached hydrogens (tertiary/aromatic N) is 4. The summed E-state index contributed by atoms with van der Waals surface area (Å²) in [5.41, 5.74) is 1.86. The van der Waals surface area contributed by atoms with Crippen LogP contribution in [0.3, 0.4) is 0 Å². The van der Waals surface area contributed by atoms with E-state index < -0.39 is 4.92 Å². The molecule has 2 aromatic rings. The van der Waals surface area contributed by atoms with Gasteiger partial charge in [-0.25, -0.2) is 0 Å². The molecule has 4 rings (SSSR count). The largest absolute Gasteiger partial charge is 0.378 e. The summed E-state index contributed by atoms with van der Waals surface area (Å²) in [7, 11) is 0. The number of nitro groups is 1. The van der Waals surface area contributed by atoms with Crippen LogP contribution in [-0.2, 0) is 4.74 Å². The molecule has 2 aliphatic rings. The van der Waals surface area contributed by atoms with E-state index in [2.05, 4.69) is 4.90 Å². The lowest BCUT2D eigenvalue weighted by Gasteiger charge is -2.36. The zero-order chi connectivity index (χ0) is 21.1. The molecule has 2 aliphatic heterocycles. The predicted octanol–water partition coefficient (Wildman–Crippen LogP) is 3.05. The summed E-state index contributed by atoms with van der Waals surface area (Å²) in [6, 6.07) is 12.4. The average molecular weight is 431 g/mol. The lowest BCUT2D eigenvalue weighted by molar-refractivity contribution is -0.384. The third kappa shape index (κ3) is 4.34. The highest BCUT2D eigenvalue weighted by atomic mass is 35.5. The molecule has 0 aliphatic carbocycles. The number of nitro benzene ring substituents is 1. The maximum absolute atomic E-state index is 13.0. The van der Waals surface area contributed by atoms with Crippen LogP contribution in [0.25, 0.3) is 0 Å². The van der Waals surface area contributed by atoms with E-state index >= 15 is 0 Å². The van der Waals surface area contributed by atoms with Crippen LogP contribution in [0, 0.1) is 10.1 Å². The molecule has 0 atom stereocenters. The number of ether oxygens (including phenoxy) is 1. The topological polar surface area (TPSA) is 79.2 Å². The summed E-state index contributed by atoms with van der Waals surface area (Å²) in [5, 5.41) is 12.3. The first-order valence-corrected chi connectivity index (χ1v) is 10.3. The lowest BCUT2D eigenvalue weighted by Crippen LogP contribution is -2.48. The zero-order valence-corrected chi connectivity index (χ0v) is 17.3. The minimum Gasteiger partial charge on any atom is -0.378 e. The highest BCUT2D eigenvalue weighted by Gasteiger charge is 2.27. The van der Waals surface area contributed by atoms with E-state index in [-0.39, 0.29) is 11.6 Å². The number of morpholine rings is 1. The van der Waals surface area contributed by atoms with Crippen molar-refractivity contribution in [1.29, 1.82) is 0 Å². The SMILES string of the molecule is O=C(c1ccc(N2CCOCC2)c([N+](=O)[O-])c1)N1CCN(c2cccc(Cl)c2)CC1. The van der Waals surface area contributed by atoms with Crippen molar-refractivity contribution in [2.45, 2.75) is 0 Å². The number of amides is 1. The van der Waals surface area contributed by atoms with Crippen molar-refractivity contribution in [2.75, 3.05) is 62.3 Å². The van der Waals surface area contributed by atoms with Gasteiger partial charge in [-0.15, -0.1) is 0 Å². The molecule has 2 heterocycles. The van der Waals surface area contributed by atoms with Gasteiger partial charge in [-0.3, -0.25) is 14.9 Å². The van der Waals surface area contributed by atoms with E-state index in [4.69, 9.17) is 16.3 Å². The smallest absolute Gasteiger partial charge is 0.293 e. The predicted molar refractivity (Wildman–Crippen MR) is 116 cm³/mol. The Balaban J connectivity index is 1.47. The second-order valence-corrected chi connectivity index (χ2v) is 7.76. The lowest BCUT2D eigenvalue weighted by atomic mass is 10.1. The molecule has 158 valence electrons. The molecule has 0 spiro atoms. The summed E-state index contributed by atoms with van der Waals surface area (Å²) >= 11 is 6.08. The van der Waals surface area contributed by atoms with E-state index in [9.17, 15) is 14.9 Å². The van der Waals surface area contributed by atoms with E-state index in [0.717, 1.165) is 5.69 Å². The number of halogens is 1. The molecule has 2 fully saturated rings. The minimum absolute atomic E-state index is 0.0414. The van der Waals surface area contributed by atoms with Gasteiger partial charge in [-0.2, -0.15) is 0 Å². The molecule has 30 heavy (non-hydrogen) atoms. The van der Waals surface area contributed by atoms with Crippen LogP contribution in [0.2, 0.25) is 5.02 Å². The molecule has 8 nitrogen and oxygen atoms in total. The number of piperazine rings is 1. The molecular formula is C21H23ClN4O4. The van der Waals surface area contributed by atoms with Gasteiger partial charge in [0.05, 0.1) is 18.1 Å². The van der Waals surface area contributed by atoms with Gasteiger partial charge in [-0.05, 0) is 30.3 Å². The van der Waals surface area contributed by atoms with Gasteiger partial charge in [0.2, 0.25) is 0 Å². The monoisotopic (exact) mass is 430 g/mol. The van der Waals surface area contributed by atoms with Crippen molar-refractivity contribution in [2.24, 2.45) is 0 Å². The minimum atomic E-state index is -0.418. The summed E-state index contributed by atoms with van der Waals surface area (Å²) in [4.78, 5) is 30.1. The number of carbonyl (C=O) groups excluding carboxylic acids is 1. The second kappa shape index (κ2) is 8.89. The van der Waals surface area contributed by atoms with Crippen molar-refractivity contribution in [3.8, 4) is 0 Å². The quantitative estimate of drug-likeness (QED) is 0.548. The fourth-order valence-corrected chi connectivity index (χ4v) is 4.08. The number of carbonyl (C=O) groups is 1. The highest BCUT2D eigenvalue weighted by Crippen LogP contribution is 2.30. The molecule has 0 aromatic heterocycles. The molecule has 0 unspecified atom stereocenters. The van der Waals surface area contributed by atoms with Gasteiger partial charge in [0, 0.05) is 61.6 Å². The van der Waals surface area contributed by atoms with Crippen LogP contribution in [0.5, 0.6) is 0 Å². The molecule has 0 bridgehead atoms. The highest BCUT2D eigenvalue weighted by molar-refractivity contribution is 6.30. The van der Waals surface area contributed by atoms with E-state index in [1.807, 2.05) is 29.2 Å². The van der Waals surface area contributed by atoms with Crippen LogP contribution in [0.4, 0.5) is 17.1 Å². The first kappa shape index (κ1) is 20.4. The Morgan fingerprint density at radius 1 is 0.967 bits per heavy atom. The molecule has 0 radical (unpaired) electrons. The molecule has 0 saturated carbocycles. The van der Waals surface area contributed by atoms with Gasteiger partial charge in [0.1, 0.15) is 5.69 Å². The van der Waals surface area contributed by atoms with E-state index in [1.165, 1.54) is 6.07 Å². The van der Waals surface area contributed by atoms with Crippen molar-refractivity contribution in [3.63, 3.8) is 0 Å². The third-order valence-electron chi connectivity index (χ3n) is 5.51. The average Bonchev–Trinajstić information content (AvgIpc) is 2.79. The van der Waals surface area contributed by atoms with Gasteiger partial charge in [-0.1, -0.05) is 17.7 Å². The number of rotatable bonds is 4. The van der Waals surface area contributed by atoms with Crippen molar-refractivity contribution >= 4 is 34.6 Å². The van der Waals surface area contributed by atoms with Crippen molar-refractivity contribution < 1.29 is 14.5 Å². The molecular weight excluding hydrogens is 408 g/mol. The zero-order valence-electron chi connectivity index (χ0n) is 16.5. The Kier molecular flexibility index (Phi) is 6.06. The summed E-state index contributed by atoms with van der Waals surface area (Å²) < 4.78 is 5.33. The fourth-order valence-electron chi connectivity index (χ4n) is 3.90. The molecule has 2 aromatic carbocycles. The van der Waals surface area contributed by atoms with Gasteiger partial charge < -0.3 is 19.4 Å². The standard InChI is InChI=1S/C21H23ClN4O4/c22-17-2-1-3-18(15-17)23-6-8-25(9-7-23)21(27)16-4-5-19(20(14-16)26(28)29)24-10-12-30-13-11-24/h1-5,14-15H,6-13H2. The van der Waals surface area contributed by atoms with Crippen LogP contribution >= 0.6 is 11.6 Å². The Labute approximate surface area is 179 Å². The molecule has 0 N–H and O–H groups in total. The van der Waals surface area contributed by atoms with Crippen molar-refractivity contribution in [1.82, 2.24) is 4.90 Å². The first-order valence-electron chi connectivity index (χ1n) is 9.94. The van der Waals surface area contributed by atoms with Crippen LogP contribution in [-0.4, -0.2) is 68.2 Å². The maximum atomic E-state index is 13.0. The summed E-state index contributed by atoms with van der Waals surface area (Å²) in [6.07, 6.45) is 0. The molecule has 1 amide bonds. The van der Waals surface area contributed by atoms with Gasteiger partial charge in [0.25, 0.3) is 11.6 Å². The normalized spacial score (nSPS) is 17.2. The third-order valence-corrected chi connectivity index (χ3v) is 5.75. The molecule has 9 heteroatoms. The Morgan fingerprint density at radius 3 is 2.37 bits per heavy atom. The van der Waals surface area contributed by atoms with Crippen LogP contribution in [0.1, 0.15) is 10.4 Å². The number of hydrogen-bond acceptors (Lipinski definition) is 6. The van der Waals surface area contributed by atoms with E-state index in [1.54, 1.807) is 17.0 Å². The van der Waals surface area contributed by atoms with Crippen LogP contribution < -0.4 is 9.80 Å². The second-order valence-electron chi connectivity index (χ2n) is 7.32. The van der Waals surface area contributed by atoms with Gasteiger partial charge >= 0.3 is 0 Å². The van der Waals surface area contributed by atoms with Crippen LogP contribution in [0.15, 0.2) is 42.5 Å². The summed E-state index contributed by atoms with van der Waals surface area (Å²) in [5.74, 6) is -0.183. The Morgan fingerprint density at radius 2 is 1.70 bits per heavy atom. The van der Waals surface area contributed by atoms with Gasteiger partial charge in [0.15, 0.2) is 0 Å². The fraction of sp³-hybridized carbons (Fsp3) is 0.381. The first-order chi connectivity index (χ1) is 14.5. The maximum Gasteiger partial charge on any atom is 0.293 e. The Hall–Kier alpha value is -2.84. The Bertz CT molecular complexity index is 940. The number of anilines is 2. The van der Waals surface area contributed by atoms with E-state index in [0.29, 0.717) is 68.8 Å². The van der Waals surface area contributed by atoms with Crippen molar-refractivity contribution in [3.05, 3.63) is 63.2 Å².